The molecule has 0 radical (unpaired) electrons. The predicted octanol–water partition coefficient (Wildman–Crippen LogP) is 5.89. The molecule has 0 bridgehead atoms. The third-order valence-corrected chi connectivity index (χ3v) is 8.52. The van der Waals surface area contributed by atoms with E-state index in [1.807, 2.05) is 43.3 Å². The third kappa shape index (κ3) is 11.2. The number of carboxylic acids is 3. The molecule has 55 heavy (non-hydrogen) atoms. The van der Waals surface area contributed by atoms with Gasteiger partial charge in [0.25, 0.3) is 0 Å². The molecule has 5 rings (SSSR count). The van der Waals surface area contributed by atoms with Gasteiger partial charge in [-0.05, 0) is 78.9 Å². The number of carbonyl (C=O) groups is 6. The van der Waals surface area contributed by atoms with Crippen LogP contribution in [0.15, 0.2) is 84.9 Å². The molecule has 1 fully saturated rings. The normalized spacial score (nSPS) is 14.6. The van der Waals surface area contributed by atoms with Crippen molar-refractivity contribution in [2.45, 2.75) is 32.7 Å². The summed E-state index contributed by atoms with van der Waals surface area (Å²) in [6.45, 7) is 3.81. The van der Waals surface area contributed by atoms with Crippen LogP contribution in [0.3, 0.4) is 0 Å². The molecule has 14 nitrogen and oxygen atoms in total. The highest BCUT2D eigenvalue weighted by Gasteiger charge is 2.43. The second-order valence-corrected chi connectivity index (χ2v) is 12.0. The topological polar surface area (TPSA) is 203 Å². The standard InChI is InChI=1S/C17H17NO4.C12H14O5.C12H12O4/c1-18-15(19)9-13(17(20)21)16(18)12-7-8-14(22-2)11-6-4-3-5-10(11)12;1-7(13)9-6-11(17-3)10(16-2)4-8(9)5-12(14)15;1-2-16-10-5-3-9(4-6-10)11(13)7-8-12(14)15/h3-8,13,16H,9H2,1-2H3,(H,20,21);4,6H,5H2,1-3H3,(H,14,15);3-8H,2H2,1H3,(H,14,15). The maximum absolute atomic E-state index is 12.0. The Labute approximate surface area is 317 Å². The van der Waals surface area contributed by atoms with Gasteiger partial charge in [-0.15, -0.1) is 0 Å². The van der Waals surface area contributed by atoms with Crippen molar-refractivity contribution in [3.8, 4) is 23.0 Å². The van der Waals surface area contributed by atoms with E-state index in [1.54, 1.807) is 38.4 Å². The Morgan fingerprint density at radius 3 is 1.93 bits per heavy atom. The first kappa shape index (κ1) is 42.7. The minimum atomic E-state index is -1.14. The Morgan fingerprint density at radius 1 is 0.800 bits per heavy atom. The Hall–Kier alpha value is -6.70. The lowest BCUT2D eigenvalue weighted by molar-refractivity contribution is -0.142. The second kappa shape index (κ2) is 19.9. The number of benzene rings is 4. The predicted molar refractivity (Wildman–Crippen MR) is 201 cm³/mol. The summed E-state index contributed by atoms with van der Waals surface area (Å²) in [5, 5.41) is 28.4. The van der Waals surface area contributed by atoms with Crippen LogP contribution in [-0.2, 0) is 25.6 Å². The Bertz CT molecular complexity index is 2070. The van der Waals surface area contributed by atoms with Crippen molar-refractivity contribution in [3.05, 3.63) is 107 Å². The molecule has 0 aromatic heterocycles. The van der Waals surface area contributed by atoms with E-state index < -0.39 is 29.9 Å². The molecule has 4 aromatic rings. The van der Waals surface area contributed by atoms with Gasteiger partial charge in [-0.1, -0.05) is 30.3 Å². The number of carboxylic acid groups (broad SMARTS) is 3. The van der Waals surface area contributed by atoms with Crippen LogP contribution < -0.4 is 18.9 Å². The molecule has 0 aliphatic carbocycles. The molecular formula is C41H43NO13. The zero-order valence-electron chi connectivity index (χ0n) is 31.2. The molecular weight excluding hydrogens is 714 g/mol. The molecule has 2 atom stereocenters. The maximum Gasteiger partial charge on any atom is 0.328 e. The number of ketones is 2. The number of nitrogens with zero attached hydrogens (tertiary/aromatic N) is 1. The fraction of sp³-hybridized carbons (Fsp3) is 0.268. The first-order valence-corrected chi connectivity index (χ1v) is 16.9. The van der Waals surface area contributed by atoms with E-state index in [1.165, 1.54) is 38.2 Å². The molecule has 0 saturated carbocycles. The molecule has 290 valence electrons. The van der Waals surface area contributed by atoms with Crippen molar-refractivity contribution >= 4 is 46.2 Å². The Balaban J connectivity index is 0.000000226. The van der Waals surface area contributed by atoms with Crippen molar-refractivity contribution in [2.75, 3.05) is 35.0 Å². The average Bonchev–Trinajstić information content (AvgIpc) is 3.47. The number of allylic oxidation sites excluding steroid dienone is 1. The van der Waals surface area contributed by atoms with E-state index in [2.05, 4.69) is 0 Å². The molecule has 4 aromatic carbocycles. The van der Waals surface area contributed by atoms with Gasteiger partial charge in [-0.3, -0.25) is 24.0 Å². The van der Waals surface area contributed by atoms with Crippen LogP contribution in [0.1, 0.15) is 58.2 Å². The van der Waals surface area contributed by atoms with Gasteiger partial charge in [-0.25, -0.2) is 4.79 Å². The monoisotopic (exact) mass is 757 g/mol. The first-order chi connectivity index (χ1) is 26.2. The van der Waals surface area contributed by atoms with Crippen molar-refractivity contribution in [2.24, 2.45) is 5.92 Å². The number of hydrogen-bond donors (Lipinski definition) is 3. The number of ether oxygens (including phenoxy) is 4. The largest absolute Gasteiger partial charge is 0.496 e. The van der Waals surface area contributed by atoms with E-state index in [0.29, 0.717) is 40.5 Å². The minimum Gasteiger partial charge on any atom is -0.496 e. The lowest BCUT2D eigenvalue weighted by Gasteiger charge is -2.25. The van der Waals surface area contributed by atoms with E-state index in [0.717, 1.165) is 34.2 Å². The molecule has 1 aliphatic rings. The molecule has 1 aliphatic heterocycles. The lowest BCUT2D eigenvalue weighted by Crippen LogP contribution is -2.27. The van der Waals surface area contributed by atoms with Crippen molar-refractivity contribution in [3.63, 3.8) is 0 Å². The van der Waals surface area contributed by atoms with Gasteiger partial charge in [0.2, 0.25) is 5.91 Å². The van der Waals surface area contributed by atoms with Gasteiger partial charge < -0.3 is 39.2 Å². The minimum absolute atomic E-state index is 0.0385. The SMILES string of the molecule is CCOc1ccc(C(=O)C=CC(=O)O)cc1.COc1cc(CC(=O)O)c(C(C)=O)cc1OC.COc1ccc(C2C(C(=O)O)CC(=O)N2C)c2ccccc12. The van der Waals surface area contributed by atoms with Crippen LogP contribution in [0.4, 0.5) is 0 Å². The maximum atomic E-state index is 12.0. The van der Waals surface area contributed by atoms with E-state index in [4.69, 9.17) is 29.2 Å². The number of amides is 1. The number of carbonyl (C=O) groups excluding carboxylic acids is 3. The molecule has 1 amide bonds. The van der Waals surface area contributed by atoms with Crippen LogP contribution in [0.2, 0.25) is 0 Å². The van der Waals surface area contributed by atoms with Crippen molar-refractivity contribution < 1.29 is 63.0 Å². The zero-order chi connectivity index (χ0) is 40.8. The Kier molecular flexibility index (Phi) is 15.5. The molecule has 1 saturated heterocycles. The fourth-order valence-electron chi connectivity index (χ4n) is 5.93. The average molecular weight is 758 g/mol. The number of aliphatic carboxylic acids is 3. The summed E-state index contributed by atoms with van der Waals surface area (Å²) in [6, 6.07) is 20.5. The smallest absolute Gasteiger partial charge is 0.328 e. The lowest BCUT2D eigenvalue weighted by atomic mass is 9.90. The molecule has 2 unspecified atom stereocenters. The number of Topliss-reactive ketones (excluding diaryl/α,β-unsaturated/α-hetero) is 1. The van der Waals surface area contributed by atoms with Gasteiger partial charge in [0.05, 0.1) is 46.3 Å². The van der Waals surface area contributed by atoms with Gasteiger partial charge in [-0.2, -0.15) is 0 Å². The van der Waals surface area contributed by atoms with Gasteiger partial charge >= 0.3 is 17.9 Å². The number of methoxy groups -OCH3 is 3. The van der Waals surface area contributed by atoms with E-state index in [9.17, 15) is 33.9 Å². The highest BCUT2D eigenvalue weighted by atomic mass is 16.5. The van der Waals surface area contributed by atoms with Gasteiger partial charge in [0.1, 0.15) is 11.5 Å². The summed E-state index contributed by atoms with van der Waals surface area (Å²) in [5.41, 5.74) is 2.03. The number of rotatable bonds is 13. The number of fused-ring (bicyclic) bond motifs is 1. The number of hydrogen-bond acceptors (Lipinski definition) is 10. The van der Waals surface area contributed by atoms with Crippen LogP contribution in [-0.4, -0.2) is 90.6 Å². The van der Waals surface area contributed by atoms with Gasteiger partial charge in [0, 0.05) is 36.1 Å². The molecule has 0 spiro atoms. The zero-order valence-corrected chi connectivity index (χ0v) is 31.2. The Morgan fingerprint density at radius 2 is 1.40 bits per heavy atom. The van der Waals surface area contributed by atoms with Crippen LogP contribution in [0.25, 0.3) is 10.8 Å². The summed E-state index contributed by atoms with van der Waals surface area (Å²) in [6.07, 6.45) is 1.66. The molecule has 14 heteroatoms. The number of likely N-dealkylation sites (tertiary alicyclic amines) is 1. The van der Waals surface area contributed by atoms with Gasteiger partial charge in [0.15, 0.2) is 23.1 Å². The summed E-state index contributed by atoms with van der Waals surface area (Å²) in [4.78, 5) is 68.8. The van der Waals surface area contributed by atoms with E-state index in [-0.39, 0.29) is 30.3 Å². The second-order valence-electron chi connectivity index (χ2n) is 12.0. The third-order valence-electron chi connectivity index (χ3n) is 8.52. The quantitative estimate of drug-likeness (QED) is 0.108. The van der Waals surface area contributed by atoms with Crippen LogP contribution >= 0.6 is 0 Å². The molecule has 1 heterocycles. The van der Waals surface area contributed by atoms with E-state index >= 15 is 0 Å². The summed E-state index contributed by atoms with van der Waals surface area (Å²) in [7, 11) is 6.18. The van der Waals surface area contributed by atoms with Crippen molar-refractivity contribution in [1.29, 1.82) is 0 Å². The van der Waals surface area contributed by atoms with Crippen LogP contribution in [0.5, 0.6) is 23.0 Å². The molecule has 3 N–H and O–H groups in total. The first-order valence-electron chi connectivity index (χ1n) is 16.9. The summed E-state index contributed by atoms with van der Waals surface area (Å²) >= 11 is 0. The van der Waals surface area contributed by atoms with Crippen LogP contribution in [0, 0.1) is 5.92 Å². The summed E-state index contributed by atoms with van der Waals surface area (Å²) in [5.74, 6) is -2.26. The highest BCUT2D eigenvalue weighted by Crippen LogP contribution is 2.42. The highest BCUT2D eigenvalue weighted by molar-refractivity contribution is 6.06. The fourth-order valence-corrected chi connectivity index (χ4v) is 5.93. The summed E-state index contributed by atoms with van der Waals surface area (Å²) < 4.78 is 20.7. The van der Waals surface area contributed by atoms with Crippen molar-refractivity contribution in [1.82, 2.24) is 4.90 Å².